The van der Waals surface area contributed by atoms with Crippen molar-refractivity contribution in [1.82, 2.24) is 0 Å². The van der Waals surface area contributed by atoms with Crippen molar-refractivity contribution < 1.29 is 143 Å². The molecule has 0 bridgehead atoms. The molecule has 16 nitrogen and oxygen atoms in total. The molecule has 0 radical (unpaired) electrons. The summed E-state index contributed by atoms with van der Waals surface area (Å²) >= 11 is 0. The Labute approximate surface area is 269 Å². The van der Waals surface area contributed by atoms with Crippen molar-refractivity contribution in [2.75, 3.05) is 13.2 Å². The van der Waals surface area contributed by atoms with Crippen LogP contribution >= 0.6 is 0 Å². The molecule has 2 unspecified atom stereocenters. The van der Waals surface area contributed by atoms with Gasteiger partial charge in [0, 0.05) is 13.2 Å². The Hall–Kier alpha value is -1.64. The van der Waals surface area contributed by atoms with Gasteiger partial charge in [0.2, 0.25) is 0 Å². The first-order chi connectivity index (χ1) is 21.0. The Bertz CT molecular complexity index is 1260. The monoisotopic (exact) mass is 880 g/mol. The number of alkyl halides is 16. The van der Waals surface area contributed by atoms with E-state index >= 15 is 0 Å². The summed E-state index contributed by atoms with van der Waals surface area (Å²) in [5, 5.41) is 20.7. The minimum Gasteiger partial charge on any atom is -0.396 e. The maximum Gasteiger partial charge on any atom is 0.522 e. The molecule has 0 saturated carbocycles. The van der Waals surface area contributed by atoms with Crippen molar-refractivity contribution in [2.45, 2.75) is 72.8 Å². The van der Waals surface area contributed by atoms with Gasteiger partial charge in [0.15, 0.2) is 0 Å². The molecule has 50 heavy (non-hydrogen) atoms. The third kappa shape index (κ3) is 28.0. The van der Waals surface area contributed by atoms with E-state index in [1.807, 2.05) is 0 Å². The van der Waals surface area contributed by atoms with Crippen LogP contribution < -0.4 is 0 Å². The van der Waals surface area contributed by atoms with Crippen LogP contribution in [-0.2, 0) is 40.5 Å². The van der Waals surface area contributed by atoms with Crippen LogP contribution in [0.15, 0.2) is 0 Å². The van der Waals surface area contributed by atoms with Gasteiger partial charge >= 0.3 is 74.4 Å². The fourth-order valence-electron chi connectivity index (χ4n) is 0.666. The number of halogens is 16. The molecule has 0 aliphatic carbocycles. The molecular formula is C14H24F16O16S4. The molecule has 0 spiro atoms. The van der Waals surface area contributed by atoms with E-state index in [2.05, 4.69) is 0 Å². The smallest absolute Gasteiger partial charge is 0.396 e. The maximum atomic E-state index is 11.5. The summed E-state index contributed by atoms with van der Waals surface area (Å²) < 4.78 is 280. The summed E-state index contributed by atoms with van der Waals surface area (Å²) in [5.41, 5.74) is -11.1. The van der Waals surface area contributed by atoms with Crippen LogP contribution in [0.3, 0.4) is 0 Å². The number of aliphatic hydroxyl groups excluding tert-OH is 4. The lowest BCUT2D eigenvalue weighted by Gasteiger charge is -2.15. The summed E-state index contributed by atoms with van der Waals surface area (Å²) in [7, 11) is -24.5. The van der Waals surface area contributed by atoms with Gasteiger partial charge in [-0.2, -0.15) is 104 Å². The molecule has 0 amide bonds. The molecule has 8 N–H and O–H groups in total. The van der Waals surface area contributed by atoms with Gasteiger partial charge in [-0.1, -0.05) is 0 Å². The second-order valence-corrected chi connectivity index (χ2v) is 13.3. The van der Waals surface area contributed by atoms with Gasteiger partial charge in [-0.15, -0.1) is 0 Å². The molecule has 0 fully saturated rings. The number of hydrogen-bond acceptors (Lipinski definition) is 12. The summed E-state index contributed by atoms with van der Waals surface area (Å²) in [6, 6.07) is 0. The lowest BCUT2D eigenvalue weighted by atomic mass is 10.3. The fraction of sp³-hybridized carbons (Fsp3) is 1.00. The van der Waals surface area contributed by atoms with E-state index in [1.165, 1.54) is 0 Å². The van der Waals surface area contributed by atoms with Crippen molar-refractivity contribution in [1.29, 1.82) is 0 Å². The molecule has 0 rings (SSSR count). The van der Waals surface area contributed by atoms with Crippen LogP contribution in [0.2, 0.25) is 0 Å². The van der Waals surface area contributed by atoms with E-state index in [4.69, 9.17) is 55.5 Å². The predicted octanol–water partition coefficient (Wildman–Crippen LogP) is 2.35. The summed E-state index contributed by atoms with van der Waals surface area (Å²) in [6.07, 6.45) is -12.3. The Kier molecular flexibility index (Phi) is 26.3. The van der Waals surface area contributed by atoms with Gasteiger partial charge < -0.3 is 20.4 Å². The van der Waals surface area contributed by atoms with Crippen LogP contribution in [0.4, 0.5) is 70.2 Å². The average molecular weight is 881 g/mol. The summed E-state index contributed by atoms with van der Waals surface area (Å²) in [4.78, 5) is 0. The zero-order valence-electron chi connectivity index (χ0n) is 23.5. The zero-order valence-corrected chi connectivity index (χ0v) is 26.8. The van der Waals surface area contributed by atoms with E-state index in [-0.39, 0.29) is 25.4 Å². The van der Waals surface area contributed by atoms with Crippen LogP contribution in [0.1, 0.15) is 26.7 Å². The highest BCUT2D eigenvalue weighted by atomic mass is 32.2. The normalized spacial score (nSPS) is 14.6. The third-order valence-electron chi connectivity index (χ3n) is 2.99. The van der Waals surface area contributed by atoms with E-state index in [1.54, 1.807) is 13.8 Å². The standard InChI is InChI=1S/2C4H10O2.2C2HF5O3S.2CHF3O3S/c2*1-4(6)2-3-5;2*3-1(4,5)2(6,7)11(8,9)10;2*2-1(3,4)8(5,6)7/h2*4-6H,2-3H2,1H3;2*(H,8,9,10);2*(H,5,6,7). The van der Waals surface area contributed by atoms with Crippen molar-refractivity contribution in [3.8, 4) is 0 Å². The first-order valence-electron chi connectivity index (χ1n) is 10.5. The minimum atomic E-state index is -6.42. The molecule has 0 saturated heterocycles. The zero-order chi connectivity index (χ0) is 43.0. The van der Waals surface area contributed by atoms with Gasteiger partial charge in [-0.25, -0.2) is 0 Å². The van der Waals surface area contributed by atoms with Crippen LogP contribution in [-0.4, -0.2) is 132 Å². The van der Waals surface area contributed by atoms with Crippen LogP contribution in [0, 0.1) is 0 Å². The Morgan fingerprint density at radius 2 is 0.560 bits per heavy atom. The number of rotatable bonds is 6. The Balaban J connectivity index is -0.000000118. The van der Waals surface area contributed by atoms with Crippen molar-refractivity contribution in [3.05, 3.63) is 0 Å². The van der Waals surface area contributed by atoms with Crippen molar-refractivity contribution in [3.63, 3.8) is 0 Å². The topological polar surface area (TPSA) is 298 Å². The molecular weight excluding hydrogens is 856 g/mol. The van der Waals surface area contributed by atoms with E-state index in [9.17, 15) is 87.1 Å². The fourth-order valence-corrected chi connectivity index (χ4v) is 1.25. The summed E-state index contributed by atoms with van der Waals surface area (Å²) in [5.74, 6) is 0. The minimum absolute atomic E-state index is 0.0810. The van der Waals surface area contributed by atoms with Crippen LogP contribution in [0.5, 0.6) is 0 Å². The highest BCUT2D eigenvalue weighted by molar-refractivity contribution is 7.87. The van der Waals surface area contributed by atoms with Gasteiger partial charge in [0.05, 0.1) is 12.2 Å². The molecule has 0 aromatic heterocycles. The Morgan fingerprint density at radius 3 is 0.560 bits per heavy atom. The molecule has 36 heteroatoms. The highest BCUT2D eigenvalue weighted by Gasteiger charge is 2.68. The second kappa shape index (κ2) is 21.8. The van der Waals surface area contributed by atoms with Crippen molar-refractivity contribution in [2.24, 2.45) is 0 Å². The van der Waals surface area contributed by atoms with Crippen LogP contribution in [0.25, 0.3) is 0 Å². The van der Waals surface area contributed by atoms with E-state index in [0.29, 0.717) is 12.8 Å². The molecule has 312 valence electrons. The van der Waals surface area contributed by atoms with Gasteiger partial charge in [-0.05, 0) is 26.7 Å². The molecule has 0 aromatic carbocycles. The average Bonchev–Trinajstić information content (AvgIpc) is 2.75. The van der Waals surface area contributed by atoms with E-state index < -0.39 is 74.4 Å². The molecule has 0 heterocycles. The second-order valence-electron chi connectivity index (χ2n) is 7.54. The summed E-state index contributed by atoms with van der Waals surface area (Å²) in [6.45, 7) is 3.46. The molecule has 2 atom stereocenters. The number of aliphatic hydroxyl groups is 4. The highest BCUT2D eigenvalue weighted by Crippen LogP contribution is 2.39. The molecule has 0 aliphatic rings. The number of hydrogen-bond donors (Lipinski definition) is 8. The maximum absolute atomic E-state index is 11.5. The van der Waals surface area contributed by atoms with Gasteiger partial charge in [-0.3, -0.25) is 18.2 Å². The Morgan fingerprint density at radius 1 is 0.420 bits per heavy atom. The predicted molar refractivity (Wildman–Crippen MR) is 127 cm³/mol. The van der Waals surface area contributed by atoms with Crippen molar-refractivity contribution >= 4 is 40.5 Å². The SMILES string of the molecule is CC(O)CCO.CC(O)CCO.O=S(=O)(O)C(F)(F)C(F)(F)F.O=S(=O)(O)C(F)(F)C(F)(F)F.O=S(=O)(O)C(F)(F)F.O=S(=O)(O)C(F)(F)F. The quantitative estimate of drug-likeness (QED) is 0.108. The molecule has 0 aromatic rings. The largest absolute Gasteiger partial charge is 0.522 e. The van der Waals surface area contributed by atoms with Gasteiger partial charge in [0.25, 0.3) is 0 Å². The lowest BCUT2D eigenvalue weighted by molar-refractivity contribution is -0.243. The van der Waals surface area contributed by atoms with Gasteiger partial charge in [0.1, 0.15) is 0 Å². The lowest BCUT2D eigenvalue weighted by Crippen LogP contribution is -2.43. The van der Waals surface area contributed by atoms with E-state index in [0.717, 1.165) is 0 Å². The first-order valence-corrected chi connectivity index (χ1v) is 16.3. The molecule has 0 aliphatic heterocycles. The third-order valence-corrected chi connectivity index (χ3v) is 5.92. The first kappa shape index (κ1) is 60.5.